The van der Waals surface area contributed by atoms with E-state index in [1.54, 1.807) is 0 Å². The van der Waals surface area contributed by atoms with Gasteiger partial charge in [0.1, 0.15) is 0 Å². The maximum absolute atomic E-state index is 6.04. The molecular weight excluding hydrogens is 240 g/mol. The fraction of sp³-hybridized carbons (Fsp3) is 0.600. The molecule has 1 saturated heterocycles. The number of hydrogen-bond donors (Lipinski definition) is 1. The van der Waals surface area contributed by atoms with E-state index in [0.717, 1.165) is 18.0 Å². The lowest BCUT2D eigenvalue weighted by Crippen LogP contribution is -2.43. The molecule has 3 rings (SSSR count). The number of likely N-dealkylation sites (tertiary alicyclic amines) is 1. The minimum Gasteiger partial charge on any atom is -0.454 e. The predicted octanol–water partition coefficient (Wildman–Crippen LogP) is 2.29. The van der Waals surface area contributed by atoms with Crippen molar-refractivity contribution in [3.8, 4) is 11.5 Å². The first kappa shape index (κ1) is 12.8. The highest BCUT2D eigenvalue weighted by Gasteiger charge is 2.37. The van der Waals surface area contributed by atoms with Crippen LogP contribution in [-0.2, 0) is 0 Å². The number of hydrogen-bond acceptors (Lipinski definition) is 4. The second kappa shape index (κ2) is 4.69. The Morgan fingerprint density at radius 3 is 2.79 bits per heavy atom. The summed E-state index contributed by atoms with van der Waals surface area (Å²) >= 11 is 0. The third kappa shape index (κ3) is 2.19. The van der Waals surface area contributed by atoms with Gasteiger partial charge in [-0.15, -0.1) is 0 Å². The number of nitrogens with zero attached hydrogens (tertiary/aromatic N) is 1. The summed E-state index contributed by atoms with van der Waals surface area (Å²) in [5.41, 5.74) is 7.48. The molecule has 1 aromatic rings. The van der Waals surface area contributed by atoms with Crippen molar-refractivity contribution in [2.45, 2.75) is 38.3 Å². The fourth-order valence-electron chi connectivity index (χ4n) is 3.27. The molecule has 0 bridgehead atoms. The minimum atomic E-state index is 0.223. The van der Waals surface area contributed by atoms with Crippen molar-refractivity contribution in [2.75, 3.05) is 19.9 Å². The molecule has 104 valence electrons. The van der Waals surface area contributed by atoms with Crippen molar-refractivity contribution >= 4 is 0 Å². The molecule has 2 aliphatic heterocycles. The Morgan fingerprint density at radius 2 is 2.11 bits per heavy atom. The third-order valence-electron chi connectivity index (χ3n) is 4.35. The molecule has 1 unspecified atom stereocenters. The molecule has 0 spiro atoms. The van der Waals surface area contributed by atoms with E-state index in [1.807, 2.05) is 6.07 Å². The van der Waals surface area contributed by atoms with Crippen molar-refractivity contribution in [1.82, 2.24) is 4.90 Å². The largest absolute Gasteiger partial charge is 0.454 e. The van der Waals surface area contributed by atoms with Gasteiger partial charge in [-0.3, -0.25) is 4.90 Å². The van der Waals surface area contributed by atoms with Gasteiger partial charge in [0.25, 0.3) is 0 Å². The van der Waals surface area contributed by atoms with Gasteiger partial charge in [-0.1, -0.05) is 6.07 Å². The number of ether oxygens (including phenoxy) is 2. The van der Waals surface area contributed by atoms with Crippen molar-refractivity contribution in [3.05, 3.63) is 23.8 Å². The Bertz CT molecular complexity index is 473. The monoisotopic (exact) mass is 262 g/mol. The van der Waals surface area contributed by atoms with Gasteiger partial charge in [-0.2, -0.15) is 0 Å². The van der Waals surface area contributed by atoms with E-state index < -0.39 is 0 Å². The quantitative estimate of drug-likeness (QED) is 0.908. The molecule has 2 N–H and O–H groups in total. The lowest BCUT2D eigenvalue weighted by molar-refractivity contribution is 0.119. The van der Waals surface area contributed by atoms with Gasteiger partial charge in [0.2, 0.25) is 6.79 Å². The number of nitrogens with two attached hydrogens (primary N) is 1. The summed E-state index contributed by atoms with van der Waals surface area (Å²) < 4.78 is 10.8. The Hall–Kier alpha value is -1.26. The van der Waals surface area contributed by atoms with Crippen LogP contribution in [0.5, 0.6) is 11.5 Å². The van der Waals surface area contributed by atoms with E-state index in [9.17, 15) is 0 Å². The molecule has 2 heterocycles. The number of benzene rings is 1. The molecule has 0 aliphatic carbocycles. The van der Waals surface area contributed by atoms with Crippen LogP contribution < -0.4 is 15.2 Å². The summed E-state index contributed by atoms with van der Waals surface area (Å²) in [6, 6.07) is 6.43. The first-order valence-electron chi connectivity index (χ1n) is 6.98. The summed E-state index contributed by atoms with van der Waals surface area (Å²) in [6.07, 6.45) is 2.47. The van der Waals surface area contributed by atoms with E-state index in [0.29, 0.717) is 13.3 Å². The van der Waals surface area contributed by atoms with Gasteiger partial charge in [0.05, 0.1) is 0 Å². The van der Waals surface area contributed by atoms with E-state index >= 15 is 0 Å². The molecule has 19 heavy (non-hydrogen) atoms. The molecule has 1 aromatic carbocycles. The molecule has 1 atom stereocenters. The molecule has 0 amide bonds. The van der Waals surface area contributed by atoms with Gasteiger partial charge < -0.3 is 15.2 Å². The molecule has 4 heteroatoms. The van der Waals surface area contributed by atoms with Gasteiger partial charge in [-0.25, -0.2) is 0 Å². The topological polar surface area (TPSA) is 47.7 Å². The van der Waals surface area contributed by atoms with Crippen LogP contribution >= 0.6 is 0 Å². The van der Waals surface area contributed by atoms with Gasteiger partial charge in [-0.05, 0) is 50.9 Å². The van der Waals surface area contributed by atoms with Crippen LogP contribution in [0.15, 0.2) is 18.2 Å². The number of rotatable bonds is 3. The molecule has 2 aliphatic rings. The molecule has 0 saturated carbocycles. The maximum Gasteiger partial charge on any atom is 0.231 e. The van der Waals surface area contributed by atoms with Crippen LogP contribution in [0.2, 0.25) is 0 Å². The van der Waals surface area contributed by atoms with Crippen molar-refractivity contribution in [1.29, 1.82) is 0 Å². The van der Waals surface area contributed by atoms with Crippen LogP contribution in [0, 0.1) is 0 Å². The Labute approximate surface area is 114 Å². The fourth-order valence-corrected chi connectivity index (χ4v) is 3.27. The van der Waals surface area contributed by atoms with E-state index in [1.165, 1.54) is 18.4 Å². The van der Waals surface area contributed by atoms with Crippen molar-refractivity contribution < 1.29 is 9.47 Å². The van der Waals surface area contributed by atoms with Crippen molar-refractivity contribution in [2.24, 2.45) is 5.73 Å². The second-order valence-corrected chi connectivity index (χ2v) is 5.97. The first-order chi connectivity index (χ1) is 9.12. The normalized spacial score (nSPS) is 22.7. The van der Waals surface area contributed by atoms with E-state index in [4.69, 9.17) is 15.2 Å². The average Bonchev–Trinajstić information content (AvgIpc) is 2.97. The first-order valence-corrected chi connectivity index (χ1v) is 6.98. The van der Waals surface area contributed by atoms with Crippen LogP contribution in [0.1, 0.15) is 38.3 Å². The summed E-state index contributed by atoms with van der Waals surface area (Å²) in [4.78, 5) is 2.52. The zero-order chi connectivity index (χ0) is 13.5. The average molecular weight is 262 g/mol. The smallest absolute Gasteiger partial charge is 0.231 e. The van der Waals surface area contributed by atoms with Gasteiger partial charge >= 0.3 is 0 Å². The zero-order valence-corrected chi connectivity index (χ0v) is 11.7. The summed E-state index contributed by atoms with van der Waals surface area (Å²) in [6.45, 7) is 6.67. The van der Waals surface area contributed by atoms with Crippen LogP contribution in [-0.4, -0.2) is 30.3 Å². The standard InChI is InChI=1S/C15H22N2O2/c1-15(2)6-3-7-17(15)12(9-16)11-4-5-13-14(8-11)19-10-18-13/h4-5,8,12H,3,6-7,9-10,16H2,1-2H3. The van der Waals surface area contributed by atoms with Crippen LogP contribution in [0.25, 0.3) is 0 Å². The molecule has 0 radical (unpaired) electrons. The van der Waals surface area contributed by atoms with Gasteiger partial charge in [0.15, 0.2) is 11.5 Å². The van der Waals surface area contributed by atoms with Crippen LogP contribution in [0.4, 0.5) is 0 Å². The minimum absolute atomic E-state index is 0.223. The predicted molar refractivity (Wildman–Crippen MR) is 74.4 cm³/mol. The lowest BCUT2D eigenvalue weighted by atomic mass is 9.97. The molecule has 1 fully saturated rings. The highest BCUT2D eigenvalue weighted by Crippen LogP contribution is 2.39. The second-order valence-electron chi connectivity index (χ2n) is 5.97. The SMILES string of the molecule is CC1(C)CCCN1C(CN)c1ccc2c(c1)OCO2. The summed E-state index contributed by atoms with van der Waals surface area (Å²) in [7, 11) is 0. The molecule has 4 nitrogen and oxygen atoms in total. The van der Waals surface area contributed by atoms with Gasteiger partial charge in [0, 0.05) is 18.1 Å². The highest BCUT2D eigenvalue weighted by atomic mass is 16.7. The highest BCUT2D eigenvalue weighted by molar-refractivity contribution is 5.45. The van der Waals surface area contributed by atoms with E-state index in [-0.39, 0.29) is 11.6 Å². The summed E-state index contributed by atoms with van der Waals surface area (Å²) in [5.74, 6) is 1.67. The summed E-state index contributed by atoms with van der Waals surface area (Å²) in [5, 5.41) is 0. The molecule has 0 aromatic heterocycles. The number of fused-ring (bicyclic) bond motifs is 1. The molecular formula is C15H22N2O2. The maximum atomic E-state index is 6.04. The lowest BCUT2D eigenvalue weighted by Gasteiger charge is -2.38. The van der Waals surface area contributed by atoms with Crippen molar-refractivity contribution in [3.63, 3.8) is 0 Å². The zero-order valence-electron chi connectivity index (χ0n) is 11.7. The Morgan fingerprint density at radius 1 is 1.32 bits per heavy atom. The third-order valence-corrected chi connectivity index (χ3v) is 4.35. The van der Waals surface area contributed by atoms with E-state index in [2.05, 4.69) is 30.9 Å². The Kier molecular flexibility index (Phi) is 3.15. The van der Waals surface area contributed by atoms with Crippen LogP contribution in [0.3, 0.4) is 0 Å². The Balaban J connectivity index is 1.90.